The SMILES string of the molecule is CCC(COCl)Oc1ccc(OC)cc1. The fourth-order valence-electron chi connectivity index (χ4n) is 1.15. The van der Waals surface area contributed by atoms with E-state index in [0.29, 0.717) is 6.61 Å². The highest BCUT2D eigenvalue weighted by Crippen LogP contribution is 2.18. The summed E-state index contributed by atoms with van der Waals surface area (Å²) in [6.45, 7) is 2.40. The second-order valence-corrected chi connectivity index (χ2v) is 3.32. The Balaban J connectivity index is 2.55. The van der Waals surface area contributed by atoms with Crippen molar-refractivity contribution in [3.8, 4) is 11.5 Å². The minimum atomic E-state index is -0.0177. The molecule has 84 valence electrons. The molecule has 1 aromatic carbocycles. The molecule has 0 N–H and O–H groups in total. The normalized spacial score (nSPS) is 12.2. The third-order valence-corrected chi connectivity index (χ3v) is 2.19. The van der Waals surface area contributed by atoms with Crippen LogP contribution in [-0.2, 0) is 4.29 Å². The fourth-order valence-corrected chi connectivity index (χ4v) is 1.29. The molecule has 1 rings (SSSR count). The summed E-state index contributed by atoms with van der Waals surface area (Å²) in [4.78, 5) is 0. The van der Waals surface area contributed by atoms with E-state index in [1.54, 1.807) is 7.11 Å². The Bertz CT molecular complexity index is 274. The zero-order valence-electron chi connectivity index (χ0n) is 8.90. The maximum absolute atomic E-state index is 5.64. The molecule has 15 heavy (non-hydrogen) atoms. The van der Waals surface area contributed by atoms with Crippen molar-refractivity contribution in [1.82, 2.24) is 0 Å². The zero-order valence-corrected chi connectivity index (χ0v) is 9.66. The third kappa shape index (κ3) is 3.98. The van der Waals surface area contributed by atoms with Crippen LogP contribution in [0, 0.1) is 0 Å². The number of hydrogen-bond acceptors (Lipinski definition) is 3. The van der Waals surface area contributed by atoms with E-state index in [1.165, 1.54) is 0 Å². The summed E-state index contributed by atoms with van der Waals surface area (Å²) in [7, 11) is 1.63. The molecule has 0 aliphatic rings. The maximum Gasteiger partial charge on any atom is 0.123 e. The first-order valence-electron chi connectivity index (χ1n) is 4.84. The molecule has 0 fully saturated rings. The molecule has 0 spiro atoms. The van der Waals surface area contributed by atoms with E-state index in [4.69, 9.17) is 21.3 Å². The highest BCUT2D eigenvalue weighted by molar-refractivity contribution is 6.07. The van der Waals surface area contributed by atoms with Crippen LogP contribution in [0.4, 0.5) is 0 Å². The minimum Gasteiger partial charge on any atom is -0.497 e. The van der Waals surface area contributed by atoms with Gasteiger partial charge in [-0.3, -0.25) is 4.29 Å². The van der Waals surface area contributed by atoms with Crippen molar-refractivity contribution in [2.45, 2.75) is 19.4 Å². The number of rotatable bonds is 6. The van der Waals surface area contributed by atoms with E-state index < -0.39 is 0 Å². The minimum absolute atomic E-state index is 0.0177. The summed E-state index contributed by atoms with van der Waals surface area (Å²) in [5.74, 6) is 1.60. The Morgan fingerprint density at radius 1 is 1.20 bits per heavy atom. The van der Waals surface area contributed by atoms with Gasteiger partial charge in [-0.1, -0.05) is 6.92 Å². The Kier molecular flexibility index (Phi) is 5.29. The van der Waals surface area contributed by atoms with Gasteiger partial charge < -0.3 is 9.47 Å². The Labute approximate surface area is 95.1 Å². The summed E-state index contributed by atoms with van der Waals surface area (Å²) in [6, 6.07) is 7.42. The molecule has 0 bridgehead atoms. The van der Waals surface area contributed by atoms with Crippen molar-refractivity contribution in [2.75, 3.05) is 13.7 Å². The first-order chi connectivity index (χ1) is 7.30. The molecule has 0 aliphatic carbocycles. The summed E-state index contributed by atoms with van der Waals surface area (Å²) >= 11 is 5.19. The summed E-state index contributed by atoms with van der Waals surface area (Å²) < 4.78 is 15.2. The van der Waals surface area contributed by atoms with Crippen LogP contribution in [-0.4, -0.2) is 19.8 Å². The van der Waals surface area contributed by atoms with Crippen molar-refractivity contribution in [3.05, 3.63) is 24.3 Å². The van der Waals surface area contributed by atoms with Gasteiger partial charge in [0.25, 0.3) is 0 Å². The average molecular weight is 231 g/mol. The molecule has 0 aromatic heterocycles. The van der Waals surface area contributed by atoms with E-state index in [-0.39, 0.29) is 6.10 Å². The standard InChI is InChI=1S/C11H15ClO3/c1-3-9(8-14-12)15-11-6-4-10(13-2)5-7-11/h4-7,9H,3,8H2,1-2H3. The zero-order chi connectivity index (χ0) is 11.1. The van der Waals surface area contributed by atoms with Gasteiger partial charge in [-0.25, -0.2) is 0 Å². The second kappa shape index (κ2) is 6.53. The molecular weight excluding hydrogens is 216 g/mol. The summed E-state index contributed by atoms with van der Waals surface area (Å²) in [5.41, 5.74) is 0. The molecule has 0 aliphatic heterocycles. The lowest BCUT2D eigenvalue weighted by Crippen LogP contribution is -2.20. The van der Waals surface area contributed by atoms with Gasteiger partial charge in [0.15, 0.2) is 0 Å². The van der Waals surface area contributed by atoms with Crippen LogP contribution >= 0.6 is 11.9 Å². The van der Waals surface area contributed by atoms with Gasteiger partial charge in [0.1, 0.15) is 24.2 Å². The van der Waals surface area contributed by atoms with Crippen LogP contribution in [0.25, 0.3) is 0 Å². The van der Waals surface area contributed by atoms with Crippen molar-refractivity contribution in [2.24, 2.45) is 0 Å². The third-order valence-electron chi connectivity index (χ3n) is 2.07. The van der Waals surface area contributed by atoms with E-state index in [9.17, 15) is 0 Å². The Hall–Kier alpha value is -0.930. The molecule has 0 saturated carbocycles. The number of ether oxygens (including phenoxy) is 2. The van der Waals surface area contributed by atoms with Gasteiger partial charge in [-0.05, 0) is 30.7 Å². The second-order valence-electron chi connectivity index (χ2n) is 3.10. The summed E-state index contributed by atoms with van der Waals surface area (Å²) in [6.07, 6.45) is 0.828. The van der Waals surface area contributed by atoms with Crippen LogP contribution < -0.4 is 9.47 Å². The summed E-state index contributed by atoms with van der Waals surface area (Å²) in [5, 5.41) is 0. The van der Waals surface area contributed by atoms with Crippen LogP contribution in [0.2, 0.25) is 0 Å². The largest absolute Gasteiger partial charge is 0.497 e. The molecule has 0 heterocycles. The van der Waals surface area contributed by atoms with Gasteiger partial charge in [-0.15, -0.1) is 0 Å². The van der Waals surface area contributed by atoms with Crippen molar-refractivity contribution in [1.29, 1.82) is 0 Å². The number of benzene rings is 1. The number of halogens is 1. The molecule has 1 aromatic rings. The number of methoxy groups -OCH3 is 1. The highest BCUT2D eigenvalue weighted by Gasteiger charge is 2.07. The lowest BCUT2D eigenvalue weighted by Gasteiger charge is -2.15. The first-order valence-corrected chi connectivity index (χ1v) is 5.15. The molecule has 1 unspecified atom stereocenters. The Morgan fingerprint density at radius 2 is 1.80 bits per heavy atom. The molecule has 3 nitrogen and oxygen atoms in total. The highest BCUT2D eigenvalue weighted by atomic mass is 35.5. The maximum atomic E-state index is 5.64. The molecular formula is C11H15ClO3. The van der Waals surface area contributed by atoms with E-state index >= 15 is 0 Å². The Morgan fingerprint density at radius 3 is 2.27 bits per heavy atom. The lowest BCUT2D eigenvalue weighted by atomic mass is 10.3. The monoisotopic (exact) mass is 230 g/mol. The van der Waals surface area contributed by atoms with Crippen molar-refractivity contribution in [3.63, 3.8) is 0 Å². The molecule has 0 saturated heterocycles. The molecule has 0 radical (unpaired) electrons. The van der Waals surface area contributed by atoms with Gasteiger partial charge >= 0.3 is 0 Å². The predicted molar refractivity (Wildman–Crippen MR) is 59.5 cm³/mol. The smallest absolute Gasteiger partial charge is 0.123 e. The van der Waals surface area contributed by atoms with Gasteiger partial charge in [-0.2, -0.15) is 0 Å². The van der Waals surface area contributed by atoms with E-state index in [1.807, 2.05) is 31.2 Å². The van der Waals surface area contributed by atoms with Crippen LogP contribution in [0.1, 0.15) is 13.3 Å². The van der Waals surface area contributed by atoms with E-state index in [0.717, 1.165) is 17.9 Å². The quantitative estimate of drug-likeness (QED) is 0.752. The first kappa shape index (κ1) is 12.1. The molecule has 4 heteroatoms. The lowest BCUT2D eigenvalue weighted by molar-refractivity contribution is 0.132. The van der Waals surface area contributed by atoms with Crippen molar-refractivity contribution < 1.29 is 13.8 Å². The molecule has 0 amide bonds. The average Bonchev–Trinajstić information content (AvgIpc) is 2.29. The van der Waals surface area contributed by atoms with Gasteiger partial charge in [0.2, 0.25) is 0 Å². The van der Waals surface area contributed by atoms with Gasteiger partial charge in [0.05, 0.1) is 19.0 Å². The van der Waals surface area contributed by atoms with Crippen molar-refractivity contribution >= 4 is 11.9 Å². The number of hydrogen-bond donors (Lipinski definition) is 0. The predicted octanol–water partition coefficient (Wildman–Crippen LogP) is 3.02. The van der Waals surface area contributed by atoms with E-state index in [2.05, 4.69) is 4.29 Å². The van der Waals surface area contributed by atoms with Crippen LogP contribution in [0.15, 0.2) is 24.3 Å². The topological polar surface area (TPSA) is 27.7 Å². The van der Waals surface area contributed by atoms with Crippen LogP contribution in [0.3, 0.4) is 0 Å². The molecule has 1 atom stereocenters. The van der Waals surface area contributed by atoms with Gasteiger partial charge in [0, 0.05) is 0 Å². The van der Waals surface area contributed by atoms with Crippen LogP contribution in [0.5, 0.6) is 11.5 Å². The fraction of sp³-hybridized carbons (Fsp3) is 0.455.